The highest BCUT2D eigenvalue weighted by Gasteiger charge is 2.44. The van der Waals surface area contributed by atoms with Gasteiger partial charge < -0.3 is 5.11 Å². The highest BCUT2D eigenvalue weighted by molar-refractivity contribution is 6.36. The Hall–Kier alpha value is 0.0300. The number of hydrogen-bond donors (Lipinski definition) is 1. The summed E-state index contributed by atoms with van der Waals surface area (Å²) in [6.45, 7) is 1.41. The third-order valence-corrected chi connectivity index (χ3v) is 3.51. The molecular weight excluding hydrogens is 278 g/mol. The number of nitrogens with zero attached hydrogens (tertiary/aromatic N) is 1. The van der Waals surface area contributed by atoms with Gasteiger partial charge >= 0.3 is 6.18 Å². The molecule has 1 fully saturated rings. The lowest BCUT2D eigenvalue weighted by Gasteiger charge is -2.34. The van der Waals surface area contributed by atoms with Gasteiger partial charge in [-0.2, -0.15) is 13.2 Å². The van der Waals surface area contributed by atoms with Crippen LogP contribution in [-0.2, 0) is 0 Å². The van der Waals surface area contributed by atoms with Gasteiger partial charge in [0.1, 0.15) is 0 Å². The third-order valence-electron chi connectivity index (χ3n) is 2.91. The topological polar surface area (TPSA) is 23.5 Å². The minimum atomic E-state index is -4.53. The van der Waals surface area contributed by atoms with Crippen molar-refractivity contribution in [3.63, 3.8) is 0 Å². The minimum Gasteiger partial charge on any atom is -0.383 e. The average Bonchev–Trinajstić information content (AvgIpc) is 2.27. The van der Waals surface area contributed by atoms with Crippen LogP contribution in [0.2, 0.25) is 0 Å². The monoisotopic (exact) mass is 291 g/mol. The number of piperidine rings is 1. The Bertz CT molecular complexity index is 275. The summed E-state index contributed by atoms with van der Waals surface area (Å²) in [5, 5.41) is 9.58. The Kier molecular flexibility index (Phi) is 5.57. The molecule has 0 aliphatic carbocycles. The van der Waals surface area contributed by atoms with Crippen LogP contribution in [0.15, 0.2) is 10.6 Å². The normalized spacial score (nSPS) is 22.8. The maximum absolute atomic E-state index is 12.3. The van der Waals surface area contributed by atoms with Crippen molar-refractivity contribution in [2.24, 2.45) is 5.92 Å². The fourth-order valence-corrected chi connectivity index (χ4v) is 2.18. The number of halogens is 5. The summed E-state index contributed by atoms with van der Waals surface area (Å²) in [5.41, 5.74) is 1.25. The zero-order chi connectivity index (χ0) is 13.1. The van der Waals surface area contributed by atoms with Gasteiger partial charge in [-0.15, -0.1) is 0 Å². The first-order valence-corrected chi connectivity index (χ1v) is 6.08. The van der Waals surface area contributed by atoms with Crippen molar-refractivity contribution >= 4 is 23.2 Å². The summed E-state index contributed by atoms with van der Waals surface area (Å²) >= 11 is 11.1. The molecule has 1 N–H and O–H groups in total. The number of aliphatic hydroxyl groups is 1. The van der Waals surface area contributed by atoms with E-state index >= 15 is 0 Å². The van der Waals surface area contributed by atoms with E-state index in [-0.39, 0.29) is 0 Å². The van der Waals surface area contributed by atoms with E-state index in [4.69, 9.17) is 28.3 Å². The Morgan fingerprint density at radius 3 is 2.35 bits per heavy atom. The molecule has 0 amide bonds. The number of alkyl halides is 3. The predicted molar refractivity (Wildman–Crippen MR) is 61.0 cm³/mol. The fraction of sp³-hybridized carbons (Fsp3) is 0.800. The first-order valence-electron chi connectivity index (χ1n) is 5.26. The highest BCUT2D eigenvalue weighted by atomic mass is 35.5. The molecule has 1 atom stereocenters. The SMILES string of the molecule is OC(C1CCN(CC(Cl)=CCl)CC1)C(F)(F)F. The first-order chi connectivity index (χ1) is 7.84. The van der Waals surface area contributed by atoms with Gasteiger partial charge in [-0.05, 0) is 31.8 Å². The summed E-state index contributed by atoms with van der Waals surface area (Å²) in [4.78, 5) is 1.92. The van der Waals surface area contributed by atoms with E-state index in [0.29, 0.717) is 37.5 Å². The third kappa shape index (κ3) is 4.66. The van der Waals surface area contributed by atoms with Crippen LogP contribution >= 0.6 is 23.2 Å². The molecule has 1 aliphatic rings. The predicted octanol–water partition coefficient (Wildman–Crippen LogP) is 2.94. The van der Waals surface area contributed by atoms with Crippen LogP contribution in [0.5, 0.6) is 0 Å². The van der Waals surface area contributed by atoms with E-state index in [0.717, 1.165) is 0 Å². The van der Waals surface area contributed by atoms with Gasteiger partial charge in [0.05, 0.1) is 0 Å². The van der Waals surface area contributed by atoms with Gasteiger partial charge in [0.25, 0.3) is 0 Å². The van der Waals surface area contributed by atoms with Crippen LogP contribution in [0, 0.1) is 5.92 Å². The van der Waals surface area contributed by atoms with Gasteiger partial charge in [-0.25, -0.2) is 0 Å². The van der Waals surface area contributed by atoms with Gasteiger partial charge in [0.2, 0.25) is 0 Å². The minimum absolute atomic E-state index is 0.313. The van der Waals surface area contributed by atoms with Crippen molar-refractivity contribution in [2.45, 2.75) is 25.1 Å². The van der Waals surface area contributed by atoms with E-state index < -0.39 is 18.2 Å². The van der Waals surface area contributed by atoms with E-state index in [1.165, 1.54) is 5.54 Å². The van der Waals surface area contributed by atoms with Crippen molar-refractivity contribution in [2.75, 3.05) is 19.6 Å². The molecule has 2 nitrogen and oxygen atoms in total. The smallest absolute Gasteiger partial charge is 0.383 e. The fourth-order valence-electron chi connectivity index (χ4n) is 1.94. The molecule has 0 aromatic heterocycles. The molecule has 0 radical (unpaired) electrons. The highest BCUT2D eigenvalue weighted by Crippen LogP contribution is 2.31. The molecule has 7 heteroatoms. The maximum Gasteiger partial charge on any atom is 0.414 e. The Morgan fingerprint density at radius 1 is 1.41 bits per heavy atom. The number of likely N-dealkylation sites (tertiary alicyclic amines) is 1. The molecule has 1 aliphatic heterocycles. The number of aliphatic hydroxyl groups excluding tert-OH is 1. The summed E-state index contributed by atoms with van der Waals surface area (Å²) in [7, 11) is 0. The van der Waals surface area contributed by atoms with Gasteiger partial charge in [0, 0.05) is 17.1 Å². The summed E-state index contributed by atoms with van der Waals surface area (Å²) in [5.74, 6) is -0.718. The summed E-state index contributed by atoms with van der Waals surface area (Å²) in [6, 6.07) is 0. The van der Waals surface area contributed by atoms with E-state index in [2.05, 4.69) is 0 Å². The van der Waals surface area contributed by atoms with E-state index in [9.17, 15) is 13.2 Å². The van der Waals surface area contributed by atoms with Gasteiger partial charge in [0.15, 0.2) is 6.10 Å². The summed E-state index contributed by atoms with van der Waals surface area (Å²) < 4.78 is 36.9. The van der Waals surface area contributed by atoms with Crippen molar-refractivity contribution in [1.29, 1.82) is 0 Å². The molecular formula is C10H14Cl2F3NO. The molecule has 0 aromatic rings. The van der Waals surface area contributed by atoms with Gasteiger partial charge in [-0.1, -0.05) is 23.2 Å². The second kappa shape index (κ2) is 6.27. The largest absolute Gasteiger partial charge is 0.414 e. The standard InChI is InChI=1S/C10H14Cl2F3NO/c11-5-8(12)6-16-3-1-7(2-4-16)9(17)10(13,14)15/h5,7,9,17H,1-4,6H2. The van der Waals surface area contributed by atoms with Crippen molar-refractivity contribution in [1.82, 2.24) is 4.90 Å². The van der Waals surface area contributed by atoms with Crippen molar-refractivity contribution in [3.8, 4) is 0 Å². The zero-order valence-electron chi connectivity index (χ0n) is 9.05. The molecule has 1 rings (SSSR count). The molecule has 100 valence electrons. The van der Waals surface area contributed by atoms with Crippen LogP contribution < -0.4 is 0 Å². The van der Waals surface area contributed by atoms with Crippen molar-refractivity contribution in [3.05, 3.63) is 10.6 Å². The molecule has 1 unspecified atom stereocenters. The van der Waals surface area contributed by atoms with Crippen LogP contribution in [-0.4, -0.2) is 41.9 Å². The molecule has 0 spiro atoms. The Balaban J connectivity index is 2.41. The van der Waals surface area contributed by atoms with Crippen LogP contribution in [0.1, 0.15) is 12.8 Å². The second-order valence-corrected chi connectivity index (χ2v) is 4.86. The molecule has 1 heterocycles. The Morgan fingerprint density at radius 2 is 1.94 bits per heavy atom. The second-order valence-electron chi connectivity index (χ2n) is 4.16. The average molecular weight is 292 g/mol. The van der Waals surface area contributed by atoms with Crippen LogP contribution in [0.4, 0.5) is 13.2 Å². The first kappa shape index (κ1) is 15.1. The van der Waals surface area contributed by atoms with Crippen LogP contribution in [0.3, 0.4) is 0 Å². The molecule has 1 saturated heterocycles. The lowest BCUT2D eigenvalue weighted by atomic mass is 9.91. The number of rotatable bonds is 3. The quantitative estimate of drug-likeness (QED) is 0.864. The molecule has 0 saturated carbocycles. The number of hydrogen-bond acceptors (Lipinski definition) is 2. The lowest BCUT2D eigenvalue weighted by Crippen LogP contribution is -2.43. The molecule has 17 heavy (non-hydrogen) atoms. The Labute approximate surface area is 108 Å². The maximum atomic E-state index is 12.3. The van der Waals surface area contributed by atoms with Gasteiger partial charge in [-0.3, -0.25) is 4.90 Å². The van der Waals surface area contributed by atoms with E-state index in [1.54, 1.807) is 0 Å². The summed E-state index contributed by atoms with van der Waals surface area (Å²) in [6.07, 6.45) is -6.12. The van der Waals surface area contributed by atoms with E-state index in [1.807, 2.05) is 4.90 Å². The van der Waals surface area contributed by atoms with Crippen LogP contribution in [0.25, 0.3) is 0 Å². The van der Waals surface area contributed by atoms with Crippen molar-refractivity contribution < 1.29 is 18.3 Å². The zero-order valence-corrected chi connectivity index (χ0v) is 10.6. The lowest BCUT2D eigenvalue weighted by molar-refractivity contribution is -0.222. The molecule has 0 bridgehead atoms. The molecule has 0 aromatic carbocycles.